The summed E-state index contributed by atoms with van der Waals surface area (Å²) in [6, 6.07) is 0. The SMILES string of the molecule is CNc1nc(CC2CCCCO2)nc(C(C)(C)C)c1I. The van der Waals surface area contributed by atoms with Gasteiger partial charge in [0.25, 0.3) is 0 Å². The third-order valence-corrected chi connectivity index (χ3v) is 4.55. The molecule has 1 aliphatic rings. The second-order valence-electron chi connectivity index (χ2n) is 6.34. The summed E-state index contributed by atoms with van der Waals surface area (Å²) >= 11 is 2.33. The predicted molar refractivity (Wildman–Crippen MR) is 90.3 cm³/mol. The van der Waals surface area contributed by atoms with E-state index in [2.05, 4.69) is 53.7 Å². The van der Waals surface area contributed by atoms with Crippen molar-refractivity contribution in [1.82, 2.24) is 9.97 Å². The van der Waals surface area contributed by atoms with Crippen molar-refractivity contribution in [1.29, 1.82) is 0 Å². The summed E-state index contributed by atoms with van der Waals surface area (Å²) in [6.07, 6.45) is 4.64. The van der Waals surface area contributed by atoms with Gasteiger partial charge in [-0.3, -0.25) is 0 Å². The molecule has 2 heterocycles. The van der Waals surface area contributed by atoms with Crippen LogP contribution in [0.25, 0.3) is 0 Å². The van der Waals surface area contributed by atoms with Gasteiger partial charge in [0.05, 0.1) is 15.4 Å². The van der Waals surface area contributed by atoms with E-state index in [1.54, 1.807) is 0 Å². The first-order valence-electron chi connectivity index (χ1n) is 7.28. The Morgan fingerprint density at radius 3 is 2.60 bits per heavy atom. The first-order chi connectivity index (χ1) is 9.41. The van der Waals surface area contributed by atoms with Gasteiger partial charge in [-0.05, 0) is 41.9 Å². The molecule has 0 aromatic carbocycles. The fourth-order valence-electron chi connectivity index (χ4n) is 2.42. The number of aromatic nitrogens is 2. The molecular formula is C15H24IN3O. The Kier molecular flexibility index (Phi) is 5.23. The maximum absolute atomic E-state index is 5.81. The molecule has 1 atom stereocenters. The van der Waals surface area contributed by atoms with Crippen LogP contribution in [0.5, 0.6) is 0 Å². The third-order valence-electron chi connectivity index (χ3n) is 3.53. The van der Waals surface area contributed by atoms with Crippen LogP contribution in [0.15, 0.2) is 0 Å². The molecule has 4 nitrogen and oxygen atoms in total. The van der Waals surface area contributed by atoms with E-state index in [1.165, 1.54) is 12.8 Å². The minimum absolute atomic E-state index is 0.0211. The summed E-state index contributed by atoms with van der Waals surface area (Å²) in [6.45, 7) is 7.45. The van der Waals surface area contributed by atoms with Crippen molar-refractivity contribution in [3.8, 4) is 0 Å². The minimum Gasteiger partial charge on any atom is -0.378 e. The summed E-state index contributed by atoms with van der Waals surface area (Å²) in [5.41, 5.74) is 1.14. The van der Waals surface area contributed by atoms with Gasteiger partial charge in [0.2, 0.25) is 0 Å². The van der Waals surface area contributed by atoms with Crippen LogP contribution in [0, 0.1) is 3.57 Å². The minimum atomic E-state index is 0.0211. The lowest BCUT2D eigenvalue weighted by Crippen LogP contribution is -2.25. The molecule has 0 aliphatic carbocycles. The van der Waals surface area contributed by atoms with Crippen LogP contribution in [-0.4, -0.2) is 29.7 Å². The van der Waals surface area contributed by atoms with Crippen LogP contribution in [0.2, 0.25) is 0 Å². The molecule has 1 saturated heterocycles. The largest absolute Gasteiger partial charge is 0.378 e. The standard InChI is InChI=1S/C15H24IN3O/c1-15(2,3)13-12(16)14(17-4)19-11(18-13)9-10-7-5-6-8-20-10/h10H,5-9H2,1-4H3,(H,17,18,19). The number of hydrogen-bond donors (Lipinski definition) is 1. The van der Waals surface area contributed by atoms with Gasteiger partial charge in [0, 0.05) is 25.5 Å². The Morgan fingerprint density at radius 2 is 2.05 bits per heavy atom. The first-order valence-corrected chi connectivity index (χ1v) is 8.36. The predicted octanol–water partition coefficient (Wildman–Crippen LogP) is 3.53. The molecule has 112 valence electrons. The van der Waals surface area contributed by atoms with Crippen LogP contribution >= 0.6 is 22.6 Å². The lowest BCUT2D eigenvalue weighted by atomic mass is 9.91. The molecule has 1 N–H and O–H groups in total. The van der Waals surface area contributed by atoms with Gasteiger partial charge in [0.15, 0.2) is 0 Å². The molecule has 1 fully saturated rings. The van der Waals surface area contributed by atoms with E-state index in [4.69, 9.17) is 9.72 Å². The second kappa shape index (κ2) is 6.56. The zero-order chi connectivity index (χ0) is 14.8. The lowest BCUT2D eigenvalue weighted by Gasteiger charge is -2.24. The molecule has 0 saturated carbocycles. The Bertz CT molecular complexity index is 465. The first kappa shape index (κ1) is 15.9. The Morgan fingerprint density at radius 1 is 1.30 bits per heavy atom. The third kappa shape index (κ3) is 3.81. The average molecular weight is 389 g/mol. The molecule has 0 bridgehead atoms. The highest BCUT2D eigenvalue weighted by molar-refractivity contribution is 14.1. The number of nitrogens with zero attached hydrogens (tertiary/aromatic N) is 2. The van der Waals surface area contributed by atoms with Crippen LogP contribution in [0.4, 0.5) is 5.82 Å². The number of halogens is 1. The zero-order valence-corrected chi connectivity index (χ0v) is 15.0. The summed E-state index contributed by atoms with van der Waals surface area (Å²) in [7, 11) is 1.91. The van der Waals surface area contributed by atoms with Crippen LogP contribution in [-0.2, 0) is 16.6 Å². The number of nitrogens with one attached hydrogen (secondary N) is 1. The number of anilines is 1. The van der Waals surface area contributed by atoms with Crippen molar-refractivity contribution in [3.05, 3.63) is 15.1 Å². The van der Waals surface area contributed by atoms with E-state index in [1.807, 2.05) is 7.05 Å². The highest BCUT2D eigenvalue weighted by Crippen LogP contribution is 2.29. The topological polar surface area (TPSA) is 47.0 Å². The van der Waals surface area contributed by atoms with Crippen molar-refractivity contribution in [3.63, 3.8) is 0 Å². The molecule has 5 heteroatoms. The fraction of sp³-hybridized carbons (Fsp3) is 0.733. The molecule has 1 unspecified atom stereocenters. The Balaban J connectivity index is 2.28. The van der Waals surface area contributed by atoms with E-state index in [9.17, 15) is 0 Å². The number of rotatable bonds is 3. The van der Waals surface area contributed by atoms with Crippen LogP contribution in [0.1, 0.15) is 51.6 Å². The molecule has 1 aromatic rings. The van der Waals surface area contributed by atoms with Gasteiger partial charge in [-0.2, -0.15) is 0 Å². The summed E-state index contributed by atoms with van der Waals surface area (Å²) in [5, 5.41) is 3.19. The van der Waals surface area contributed by atoms with Crippen molar-refractivity contribution in [2.75, 3.05) is 19.0 Å². The van der Waals surface area contributed by atoms with E-state index < -0.39 is 0 Å². The summed E-state index contributed by atoms with van der Waals surface area (Å²) < 4.78 is 6.93. The van der Waals surface area contributed by atoms with Gasteiger partial charge >= 0.3 is 0 Å². The second-order valence-corrected chi connectivity index (χ2v) is 7.42. The van der Waals surface area contributed by atoms with Gasteiger partial charge in [0.1, 0.15) is 11.6 Å². The highest BCUT2D eigenvalue weighted by atomic mass is 127. The quantitative estimate of drug-likeness (QED) is 0.804. The maximum atomic E-state index is 5.81. The van der Waals surface area contributed by atoms with E-state index in [0.29, 0.717) is 0 Å². The van der Waals surface area contributed by atoms with Crippen LogP contribution < -0.4 is 5.32 Å². The molecule has 0 spiro atoms. The van der Waals surface area contributed by atoms with E-state index in [-0.39, 0.29) is 11.5 Å². The smallest absolute Gasteiger partial charge is 0.143 e. The van der Waals surface area contributed by atoms with Gasteiger partial charge < -0.3 is 10.1 Å². The van der Waals surface area contributed by atoms with Gasteiger partial charge in [-0.1, -0.05) is 20.8 Å². The molecule has 0 amide bonds. The summed E-state index contributed by atoms with van der Waals surface area (Å²) in [5.74, 6) is 1.82. The van der Waals surface area contributed by atoms with E-state index >= 15 is 0 Å². The Hall–Kier alpha value is -0.430. The number of ether oxygens (including phenoxy) is 1. The van der Waals surface area contributed by atoms with Gasteiger partial charge in [-0.15, -0.1) is 0 Å². The Labute approximate surface area is 135 Å². The molecule has 20 heavy (non-hydrogen) atoms. The van der Waals surface area contributed by atoms with E-state index in [0.717, 1.165) is 40.4 Å². The summed E-state index contributed by atoms with van der Waals surface area (Å²) in [4.78, 5) is 9.46. The highest BCUT2D eigenvalue weighted by Gasteiger charge is 2.24. The normalized spacial score (nSPS) is 19.9. The van der Waals surface area contributed by atoms with Crippen LogP contribution in [0.3, 0.4) is 0 Å². The van der Waals surface area contributed by atoms with Crippen molar-refractivity contribution in [2.24, 2.45) is 0 Å². The van der Waals surface area contributed by atoms with Crippen molar-refractivity contribution >= 4 is 28.4 Å². The fourth-order valence-corrected chi connectivity index (χ4v) is 3.74. The lowest BCUT2D eigenvalue weighted by molar-refractivity contribution is 0.0156. The molecule has 0 radical (unpaired) electrons. The maximum Gasteiger partial charge on any atom is 0.143 e. The van der Waals surface area contributed by atoms with Gasteiger partial charge in [-0.25, -0.2) is 9.97 Å². The average Bonchev–Trinajstić information content (AvgIpc) is 2.40. The molecular weight excluding hydrogens is 365 g/mol. The monoisotopic (exact) mass is 389 g/mol. The van der Waals surface area contributed by atoms with Crippen molar-refractivity contribution < 1.29 is 4.74 Å². The zero-order valence-electron chi connectivity index (χ0n) is 12.8. The van der Waals surface area contributed by atoms with Crippen molar-refractivity contribution in [2.45, 2.75) is 58.0 Å². The number of hydrogen-bond acceptors (Lipinski definition) is 4. The molecule has 2 rings (SSSR count). The molecule has 1 aliphatic heterocycles. The molecule has 1 aromatic heterocycles.